The van der Waals surface area contributed by atoms with Crippen LogP contribution in [0.15, 0.2) is 17.6 Å². The highest BCUT2D eigenvalue weighted by molar-refractivity contribution is 7.99. The van der Waals surface area contributed by atoms with Gasteiger partial charge < -0.3 is 5.73 Å². The van der Waals surface area contributed by atoms with Gasteiger partial charge in [0.1, 0.15) is 12.1 Å². The summed E-state index contributed by atoms with van der Waals surface area (Å²) in [7, 11) is 0. The second-order valence-corrected chi connectivity index (χ2v) is 3.38. The zero-order chi connectivity index (χ0) is 12.0. The molecule has 0 saturated heterocycles. The van der Waals surface area contributed by atoms with E-state index in [1.165, 1.54) is 18.1 Å². The van der Waals surface area contributed by atoms with Crippen molar-refractivity contribution in [3.05, 3.63) is 12.4 Å². The molecule has 16 heavy (non-hydrogen) atoms. The minimum Gasteiger partial charge on any atom is -0.383 e. The van der Waals surface area contributed by atoms with Crippen molar-refractivity contribution in [1.29, 1.82) is 5.26 Å². The maximum absolute atomic E-state index is 8.44. The monoisotopic (exact) mass is 236 g/mol. The van der Waals surface area contributed by atoms with E-state index in [1.807, 2.05) is 19.9 Å². The van der Waals surface area contributed by atoms with E-state index < -0.39 is 0 Å². The minimum atomic E-state index is 0.311. The Balaban J connectivity index is 0.000000606. The lowest BCUT2D eigenvalue weighted by molar-refractivity contribution is 0.799. The average molecular weight is 236 g/mol. The van der Waals surface area contributed by atoms with E-state index in [0.717, 1.165) is 0 Å². The van der Waals surface area contributed by atoms with Gasteiger partial charge in [0, 0.05) is 6.07 Å². The number of thioether (sulfide) groups is 1. The van der Waals surface area contributed by atoms with Gasteiger partial charge in [-0.1, -0.05) is 25.6 Å². The molecule has 0 aliphatic carbocycles. The predicted octanol–water partition coefficient (Wildman–Crippen LogP) is 1.35. The Morgan fingerprint density at radius 1 is 1.56 bits per heavy atom. The van der Waals surface area contributed by atoms with Crippen molar-refractivity contribution >= 4 is 23.2 Å². The molecular formula is C9H12N6S. The van der Waals surface area contributed by atoms with Crippen LogP contribution in [0.5, 0.6) is 0 Å². The van der Waals surface area contributed by atoms with Gasteiger partial charge in [0.15, 0.2) is 10.8 Å². The molecule has 0 unspecified atom stereocenters. The minimum absolute atomic E-state index is 0.311. The Kier molecular flexibility index (Phi) is 4.54. The summed E-state index contributed by atoms with van der Waals surface area (Å²) < 4.78 is 1.55. The summed E-state index contributed by atoms with van der Waals surface area (Å²) in [6.45, 7) is 4.00. The number of nitrogens with two attached hydrogens (primary N) is 1. The van der Waals surface area contributed by atoms with E-state index in [2.05, 4.69) is 15.1 Å². The van der Waals surface area contributed by atoms with Gasteiger partial charge in [0.25, 0.3) is 0 Å². The second-order valence-electron chi connectivity index (χ2n) is 2.44. The number of anilines is 1. The molecule has 0 fully saturated rings. The first-order valence-corrected chi connectivity index (χ1v) is 5.76. The molecule has 2 aromatic rings. The van der Waals surface area contributed by atoms with Crippen molar-refractivity contribution < 1.29 is 0 Å². The number of fused-ring (bicyclic) bond motifs is 1. The zero-order valence-corrected chi connectivity index (χ0v) is 9.90. The molecular weight excluding hydrogens is 224 g/mol. The van der Waals surface area contributed by atoms with Crippen molar-refractivity contribution in [2.24, 2.45) is 0 Å². The molecule has 7 heteroatoms. The first kappa shape index (κ1) is 12.3. The average Bonchev–Trinajstić information content (AvgIpc) is 2.76. The first-order chi connectivity index (χ1) is 7.81. The van der Waals surface area contributed by atoms with E-state index in [4.69, 9.17) is 11.0 Å². The Labute approximate surface area is 97.5 Å². The largest absolute Gasteiger partial charge is 0.383 e. The predicted molar refractivity (Wildman–Crippen MR) is 62.9 cm³/mol. The molecule has 0 aromatic carbocycles. The lowest BCUT2D eigenvalue weighted by Crippen LogP contribution is -2.00. The third kappa shape index (κ3) is 2.61. The molecule has 0 aliphatic rings. The van der Waals surface area contributed by atoms with Crippen molar-refractivity contribution in [3.63, 3.8) is 0 Å². The second kappa shape index (κ2) is 5.92. The highest BCUT2D eigenvalue weighted by Gasteiger charge is 2.05. The van der Waals surface area contributed by atoms with Gasteiger partial charge in [-0.3, -0.25) is 0 Å². The van der Waals surface area contributed by atoms with E-state index in [9.17, 15) is 0 Å². The standard InChI is InChI=1S/C7H6N6S.C2H6/c8-1-2-14-7-12-5(9)3-6-10-4-11-13(6)7;1-2/h3-4H,2,9H2;1-2H3. The van der Waals surface area contributed by atoms with Crippen molar-refractivity contribution in [2.75, 3.05) is 11.5 Å². The molecule has 2 N–H and O–H groups in total. The molecule has 2 rings (SSSR count). The van der Waals surface area contributed by atoms with Crippen LogP contribution < -0.4 is 5.73 Å². The molecule has 0 aliphatic heterocycles. The normalized spacial score (nSPS) is 9.31. The molecule has 0 atom stereocenters. The number of rotatable bonds is 2. The summed E-state index contributed by atoms with van der Waals surface area (Å²) in [4.78, 5) is 8.05. The summed E-state index contributed by atoms with van der Waals surface area (Å²) in [6, 6.07) is 3.64. The quantitative estimate of drug-likeness (QED) is 0.625. The fourth-order valence-electron chi connectivity index (χ4n) is 1.01. The number of aromatic nitrogens is 4. The van der Waals surface area contributed by atoms with E-state index in [-0.39, 0.29) is 0 Å². The number of nitrogen functional groups attached to an aromatic ring is 1. The Bertz CT molecular complexity index is 500. The van der Waals surface area contributed by atoms with Crippen LogP contribution in [-0.4, -0.2) is 25.3 Å². The molecule has 2 heterocycles. The van der Waals surface area contributed by atoms with Gasteiger partial charge >= 0.3 is 0 Å². The van der Waals surface area contributed by atoms with Gasteiger partial charge in [-0.15, -0.1) is 0 Å². The summed E-state index contributed by atoms with van der Waals surface area (Å²) in [5, 5.41) is 13.0. The summed E-state index contributed by atoms with van der Waals surface area (Å²) in [5.74, 6) is 0.691. The van der Waals surface area contributed by atoms with Crippen LogP contribution >= 0.6 is 11.8 Å². The summed E-state index contributed by atoms with van der Waals surface area (Å²) in [6.07, 6.45) is 1.42. The molecule has 0 spiro atoms. The van der Waals surface area contributed by atoms with Crippen LogP contribution in [0.2, 0.25) is 0 Å². The van der Waals surface area contributed by atoms with Gasteiger partial charge in [-0.25, -0.2) is 9.97 Å². The van der Waals surface area contributed by atoms with E-state index >= 15 is 0 Å². The number of hydrogen-bond donors (Lipinski definition) is 1. The van der Waals surface area contributed by atoms with Crippen molar-refractivity contribution in [3.8, 4) is 6.07 Å². The number of hydrogen-bond acceptors (Lipinski definition) is 6. The fourth-order valence-corrected chi connectivity index (χ4v) is 1.64. The van der Waals surface area contributed by atoms with Crippen LogP contribution in [0.25, 0.3) is 5.65 Å². The Morgan fingerprint density at radius 2 is 2.31 bits per heavy atom. The number of nitriles is 1. The summed E-state index contributed by atoms with van der Waals surface area (Å²) in [5.41, 5.74) is 6.20. The van der Waals surface area contributed by atoms with Gasteiger partial charge in [-0.2, -0.15) is 14.9 Å². The topological polar surface area (TPSA) is 92.9 Å². The van der Waals surface area contributed by atoms with Crippen molar-refractivity contribution in [2.45, 2.75) is 19.0 Å². The maximum Gasteiger partial charge on any atom is 0.193 e. The SMILES string of the molecule is CC.N#CCSc1nc(N)cc2ncnn12. The van der Waals surface area contributed by atoms with Crippen LogP contribution in [0.1, 0.15) is 13.8 Å². The van der Waals surface area contributed by atoms with Crippen LogP contribution in [-0.2, 0) is 0 Å². The maximum atomic E-state index is 8.44. The fraction of sp³-hybridized carbons (Fsp3) is 0.333. The van der Waals surface area contributed by atoms with Crippen LogP contribution in [0.3, 0.4) is 0 Å². The Hall–Kier alpha value is -1.81. The van der Waals surface area contributed by atoms with E-state index in [0.29, 0.717) is 22.4 Å². The number of nitrogens with zero attached hydrogens (tertiary/aromatic N) is 5. The smallest absolute Gasteiger partial charge is 0.193 e. The van der Waals surface area contributed by atoms with Gasteiger partial charge in [-0.05, 0) is 0 Å². The van der Waals surface area contributed by atoms with Gasteiger partial charge in [0.2, 0.25) is 0 Å². The molecule has 0 radical (unpaired) electrons. The van der Waals surface area contributed by atoms with Gasteiger partial charge in [0.05, 0.1) is 11.8 Å². The lowest BCUT2D eigenvalue weighted by Gasteiger charge is -2.00. The van der Waals surface area contributed by atoms with Crippen LogP contribution in [0.4, 0.5) is 5.82 Å². The third-order valence-corrected chi connectivity index (χ3v) is 2.32. The Morgan fingerprint density at radius 3 is 3.00 bits per heavy atom. The molecule has 0 amide bonds. The van der Waals surface area contributed by atoms with E-state index in [1.54, 1.807) is 10.6 Å². The molecule has 84 valence electrons. The third-order valence-electron chi connectivity index (χ3n) is 1.52. The molecule has 6 nitrogen and oxygen atoms in total. The lowest BCUT2D eigenvalue weighted by atomic mass is 10.6. The molecule has 0 saturated carbocycles. The first-order valence-electron chi connectivity index (χ1n) is 4.77. The van der Waals surface area contributed by atoms with Crippen molar-refractivity contribution in [1.82, 2.24) is 19.6 Å². The molecule has 0 bridgehead atoms. The summed E-state index contributed by atoms with van der Waals surface area (Å²) >= 11 is 1.28. The highest BCUT2D eigenvalue weighted by Crippen LogP contribution is 2.17. The zero-order valence-electron chi connectivity index (χ0n) is 9.08. The van der Waals surface area contributed by atoms with Crippen LogP contribution in [0, 0.1) is 11.3 Å². The molecule has 2 aromatic heterocycles. The highest BCUT2D eigenvalue weighted by atomic mass is 32.2.